The molecule has 1 atom stereocenters. The van der Waals surface area contributed by atoms with E-state index in [1.54, 1.807) is 0 Å². The van der Waals surface area contributed by atoms with Crippen LogP contribution in [0.1, 0.15) is 54.2 Å². The monoisotopic (exact) mass is 406 g/mol. The number of rotatable bonds is 6. The fourth-order valence-corrected chi connectivity index (χ4v) is 4.17. The second-order valence-electron chi connectivity index (χ2n) is 7.98. The number of carbonyl (C=O) groups is 1. The quantitative estimate of drug-likeness (QED) is 0.799. The standard InChI is InChI=1S/C20H30N6O.ClH/c1-14-18(15(2)24(3)23-14)12-25(17-6-7-17)20(27)13-26-19(8-10-22-26)16-5-4-9-21-11-16;/h8,10,16-17,21H,4-7,9,11-13H2,1-3H3;1H. The third-order valence-corrected chi connectivity index (χ3v) is 6.04. The van der Waals surface area contributed by atoms with Gasteiger partial charge in [0.2, 0.25) is 5.91 Å². The van der Waals surface area contributed by atoms with Gasteiger partial charge in [-0.15, -0.1) is 12.4 Å². The molecule has 1 aliphatic carbocycles. The molecule has 1 N–H and O–H groups in total. The zero-order valence-corrected chi connectivity index (χ0v) is 17.8. The van der Waals surface area contributed by atoms with E-state index in [9.17, 15) is 4.79 Å². The molecule has 8 heteroatoms. The summed E-state index contributed by atoms with van der Waals surface area (Å²) in [5.41, 5.74) is 4.51. The van der Waals surface area contributed by atoms with Crippen LogP contribution in [0.4, 0.5) is 0 Å². The summed E-state index contributed by atoms with van der Waals surface area (Å²) in [7, 11) is 1.96. The number of halogens is 1. The summed E-state index contributed by atoms with van der Waals surface area (Å²) in [5.74, 6) is 0.611. The summed E-state index contributed by atoms with van der Waals surface area (Å²) in [4.78, 5) is 15.2. The lowest BCUT2D eigenvalue weighted by Gasteiger charge is -2.26. The maximum atomic E-state index is 13.2. The first-order chi connectivity index (χ1) is 13.0. The van der Waals surface area contributed by atoms with Crippen LogP contribution in [0, 0.1) is 13.8 Å². The molecule has 0 aromatic carbocycles. The Balaban J connectivity index is 0.00000225. The summed E-state index contributed by atoms with van der Waals surface area (Å²) in [6, 6.07) is 2.44. The number of carbonyl (C=O) groups excluding carboxylic acids is 1. The lowest BCUT2D eigenvalue weighted by Crippen LogP contribution is -2.37. The third-order valence-electron chi connectivity index (χ3n) is 6.04. The van der Waals surface area contributed by atoms with Gasteiger partial charge in [-0.25, -0.2) is 0 Å². The lowest BCUT2D eigenvalue weighted by molar-refractivity contribution is -0.133. The zero-order valence-electron chi connectivity index (χ0n) is 17.0. The average molecular weight is 407 g/mol. The van der Waals surface area contributed by atoms with Crippen molar-refractivity contribution in [3.63, 3.8) is 0 Å². The van der Waals surface area contributed by atoms with Crippen molar-refractivity contribution in [2.24, 2.45) is 7.05 Å². The van der Waals surface area contributed by atoms with Gasteiger partial charge in [0.05, 0.1) is 5.69 Å². The molecule has 28 heavy (non-hydrogen) atoms. The Morgan fingerprint density at radius 1 is 1.32 bits per heavy atom. The predicted molar refractivity (Wildman–Crippen MR) is 111 cm³/mol. The van der Waals surface area contributed by atoms with E-state index in [4.69, 9.17) is 0 Å². The lowest BCUT2D eigenvalue weighted by atomic mass is 9.96. The van der Waals surface area contributed by atoms with Crippen LogP contribution in [-0.2, 0) is 24.9 Å². The van der Waals surface area contributed by atoms with Crippen molar-refractivity contribution in [3.05, 3.63) is 34.9 Å². The van der Waals surface area contributed by atoms with Crippen molar-refractivity contribution < 1.29 is 4.79 Å². The molecule has 2 fully saturated rings. The van der Waals surface area contributed by atoms with E-state index in [0.29, 0.717) is 25.0 Å². The number of nitrogens with zero attached hydrogens (tertiary/aromatic N) is 5. The fourth-order valence-electron chi connectivity index (χ4n) is 4.17. The highest BCUT2D eigenvalue weighted by atomic mass is 35.5. The molecule has 0 spiro atoms. The van der Waals surface area contributed by atoms with E-state index in [2.05, 4.69) is 28.5 Å². The Kier molecular flexibility index (Phi) is 6.45. The molecule has 1 unspecified atom stereocenters. The number of hydrogen-bond donors (Lipinski definition) is 1. The molecule has 1 saturated carbocycles. The molecule has 7 nitrogen and oxygen atoms in total. The molecular weight excluding hydrogens is 376 g/mol. The van der Waals surface area contributed by atoms with Crippen LogP contribution in [-0.4, -0.2) is 49.5 Å². The number of nitrogens with one attached hydrogen (secondary N) is 1. The third kappa shape index (κ3) is 4.25. The van der Waals surface area contributed by atoms with Gasteiger partial charge in [0, 0.05) is 55.2 Å². The minimum absolute atomic E-state index is 0. The van der Waals surface area contributed by atoms with E-state index < -0.39 is 0 Å². The summed E-state index contributed by atoms with van der Waals surface area (Å²) in [6.07, 6.45) is 6.37. The second-order valence-corrected chi connectivity index (χ2v) is 7.98. The Labute approximate surface area is 172 Å². The maximum Gasteiger partial charge on any atom is 0.244 e. The van der Waals surface area contributed by atoms with Crippen molar-refractivity contribution in [3.8, 4) is 0 Å². The van der Waals surface area contributed by atoms with Crippen LogP contribution < -0.4 is 5.32 Å². The number of amides is 1. The van der Waals surface area contributed by atoms with Crippen LogP contribution in [0.15, 0.2) is 12.3 Å². The highest BCUT2D eigenvalue weighted by Gasteiger charge is 2.34. The topological polar surface area (TPSA) is 68.0 Å². The molecule has 1 aliphatic heterocycles. The minimum Gasteiger partial charge on any atom is -0.334 e. The van der Waals surface area contributed by atoms with Crippen LogP contribution in [0.2, 0.25) is 0 Å². The Bertz CT molecular complexity index is 819. The highest BCUT2D eigenvalue weighted by molar-refractivity contribution is 5.85. The Morgan fingerprint density at radius 2 is 2.11 bits per heavy atom. The molecule has 2 aromatic heterocycles. The van der Waals surface area contributed by atoms with Gasteiger partial charge in [0.25, 0.3) is 0 Å². The van der Waals surface area contributed by atoms with E-state index in [-0.39, 0.29) is 18.3 Å². The molecule has 4 rings (SSSR count). The van der Waals surface area contributed by atoms with Crippen LogP contribution >= 0.6 is 12.4 Å². The summed E-state index contributed by atoms with van der Waals surface area (Å²) in [5, 5.41) is 12.4. The molecular formula is C20H31ClN6O. The first kappa shape index (κ1) is 20.9. The summed E-state index contributed by atoms with van der Waals surface area (Å²) in [6.45, 7) is 7.14. The van der Waals surface area contributed by atoms with E-state index >= 15 is 0 Å². The fraction of sp³-hybridized carbons (Fsp3) is 0.650. The maximum absolute atomic E-state index is 13.2. The molecule has 2 aliphatic rings. The van der Waals surface area contributed by atoms with E-state index in [0.717, 1.165) is 43.7 Å². The Morgan fingerprint density at radius 3 is 2.71 bits per heavy atom. The second kappa shape index (κ2) is 8.66. The van der Waals surface area contributed by atoms with Crippen molar-refractivity contribution in [2.75, 3.05) is 13.1 Å². The number of aryl methyl sites for hydroxylation is 2. The van der Waals surface area contributed by atoms with Gasteiger partial charge in [-0.05, 0) is 52.1 Å². The van der Waals surface area contributed by atoms with Gasteiger partial charge in [-0.3, -0.25) is 14.2 Å². The predicted octanol–water partition coefficient (Wildman–Crippen LogP) is 2.31. The average Bonchev–Trinajstić information content (AvgIpc) is 3.34. The largest absolute Gasteiger partial charge is 0.334 e. The first-order valence-corrected chi connectivity index (χ1v) is 10.1. The van der Waals surface area contributed by atoms with Crippen molar-refractivity contribution in [1.29, 1.82) is 0 Å². The normalized spacial score (nSPS) is 19.3. The van der Waals surface area contributed by atoms with Gasteiger partial charge in [-0.1, -0.05) is 0 Å². The highest BCUT2D eigenvalue weighted by Crippen LogP contribution is 2.30. The number of hydrogen-bond acceptors (Lipinski definition) is 4. The van der Waals surface area contributed by atoms with Gasteiger partial charge in [0.1, 0.15) is 6.54 Å². The summed E-state index contributed by atoms with van der Waals surface area (Å²) >= 11 is 0. The number of aromatic nitrogens is 4. The zero-order chi connectivity index (χ0) is 19.0. The van der Waals surface area contributed by atoms with Crippen molar-refractivity contribution >= 4 is 18.3 Å². The minimum atomic E-state index is 0. The van der Waals surface area contributed by atoms with Gasteiger partial charge < -0.3 is 10.2 Å². The van der Waals surface area contributed by atoms with Gasteiger partial charge in [0.15, 0.2) is 0 Å². The van der Waals surface area contributed by atoms with E-state index in [1.165, 1.54) is 17.7 Å². The first-order valence-electron chi connectivity index (χ1n) is 10.1. The molecule has 1 amide bonds. The molecule has 3 heterocycles. The van der Waals surface area contributed by atoms with Gasteiger partial charge >= 0.3 is 0 Å². The molecule has 0 radical (unpaired) electrons. The van der Waals surface area contributed by atoms with Crippen molar-refractivity contribution in [2.45, 2.75) is 64.6 Å². The molecule has 2 aromatic rings. The van der Waals surface area contributed by atoms with E-state index in [1.807, 2.05) is 34.4 Å². The molecule has 0 bridgehead atoms. The van der Waals surface area contributed by atoms with Crippen molar-refractivity contribution in [1.82, 2.24) is 29.8 Å². The SMILES string of the molecule is Cc1nn(C)c(C)c1CN(C(=O)Cn1nccc1C1CCCNC1)C1CC1.Cl. The van der Waals surface area contributed by atoms with Crippen LogP contribution in [0.5, 0.6) is 0 Å². The molecule has 154 valence electrons. The summed E-state index contributed by atoms with van der Waals surface area (Å²) < 4.78 is 3.82. The number of piperidine rings is 1. The van der Waals surface area contributed by atoms with Crippen LogP contribution in [0.3, 0.4) is 0 Å². The smallest absolute Gasteiger partial charge is 0.244 e. The van der Waals surface area contributed by atoms with Crippen LogP contribution in [0.25, 0.3) is 0 Å². The van der Waals surface area contributed by atoms with Gasteiger partial charge in [-0.2, -0.15) is 10.2 Å². The molecule has 1 saturated heterocycles. The Hall–Kier alpha value is -1.86.